The topological polar surface area (TPSA) is 114 Å². The number of likely N-dealkylation sites (tertiary alicyclic amines) is 1. The van der Waals surface area contributed by atoms with Crippen molar-refractivity contribution in [1.29, 1.82) is 0 Å². The van der Waals surface area contributed by atoms with Crippen molar-refractivity contribution in [2.75, 3.05) is 19.6 Å². The molecule has 9 heteroatoms. The van der Waals surface area contributed by atoms with Crippen LogP contribution < -0.4 is 5.32 Å². The van der Waals surface area contributed by atoms with Crippen LogP contribution in [-0.2, 0) is 16.0 Å². The summed E-state index contributed by atoms with van der Waals surface area (Å²) < 4.78 is 5.97. The van der Waals surface area contributed by atoms with E-state index < -0.39 is 0 Å². The molecule has 1 saturated carbocycles. The van der Waals surface area contributed by atoms with Gasteiger partial charge in [-0.3, -0.25) is 9.59 Å². The van der Waals surface area contributed by atoms with Crippen LogP contribution in [0.3, 0.4) is 0 Å². The summed E-state index contributed by atoms with van der Waals surface area (Å²) in [7, 11) is 0. The van der Waals surface area contributed by atoms with E-state index in [0.717, 1.165) is 30.7 Å². The summed E-state index contributed by atoms with van der Waals surface area (Å²) in [6, 6.07) is 0. The Morgan fingerprint density at radius 3 is 2.63 bits per heavy atom. The van der Waals surface area contributed by atoms with Crippen LogP contribution in [0.4, 0.5) is 0 Å². The first-order valence-electron chi connectivity index (χ1n) is 10.8. The summed E-state index contributed by atoms with van der Waals surface area (Å²) in [5.74, 6) is 1.98. The van der Waals surface area contributed by atoms with Crippen molar-refractivity contribution >= 4 is 11.8 Å². The molecule has 2 aromatic rings. The fourth-order valence-electron chi connectivity index (χ4n) is 4.71. The zero-order valence-corrected chi connectivity index (χ0v) is 16.9. The molecule has 3 fully saturated rings. The van der Waals surface area contributed by atoms with E-state index in [-0.39, 0.29) is 29.6 Å². The summed E-state index contributed by atoms with van der Waals surface area (Å²) in [6.45, 7) is 1.77. The lowest BCUT2D eigenvalue weighted by atomic mass is 9.75. The second kappa shape index (κ2) is 8.12. The molecule has 3 aliphatic rings. The maximum Gasteiger partial charge on any atom is 0.223 e. The van der Waals surface area contributed by atoms with Crippen molar-refractivity contribution in [3.63, 3.8) is 0 Å². The standard InChI is InChI=1S/C21H26N6O3/c28-18(4-1-13-9-22-12-23-10-13)27-7-5-15-16(6-8-27)19(29)24-11-17(15)21-26-25-20(30-21)14-2-3-14/h9-10,12,14-17H,1-8,11H2,(H,24,29)/t15-,16+,17-/m1/s1. The second-order valence-corrected chi connectivity index (χ2v) is 8.58. The monoisotopic (exact) mass is 410 g/mol. The summed E-state index contributed by atoms with van der Waals surface area (Å²) >= 11 is 0. The molecule has 30 heavy (non-hydrogen) atoms. The second-order valence-electron chi connectivity index (χ2n) is 8.58. The molecule has 0 bridgehead atoms. The van der Waals surface area contributed by atoms with Gasteiger partial charge in [-0.2, -0.15) is 0 Å². The van der Waals surface area contributed by atoms with Crippen molar-refractivity contribution in [1.82, 2.24) is 30.4 Å². The predicted molar refractivity (Wildman–Crippen MR) is 105 cm³/mol. The van der Waals surface area contributed by atoms with E-state index in [1.165, 1.54) is 6.33 Å². The first kappa shape index (κ1) is 19.1. The molecular formula is C21H26N6O3. The third kappa shape index (κ3) is 3.93. The smallest absolute Gasteiger partial charge is 0.223 e. The SMILES string of the molecule is O=C1NC[C@@H](c2nnc(C3CC3)o2)[C@@H]2CCN(C(=O)CCc3cncnc3)CC[C@H]12. The van der Waals surface area contributed by atoms with Gasteiger partial charge in [0.1, 0.15) is 6.33 Å². The number of fused-ring (bicyclic) bond motifs is 1. The number of nitrogens with zero attached hydrogens (tertiary/aromatic N) is 5. The molecule has 0 radical (unpaired) electrons. The van der Waals surface area contributed by atoms with E-state index in [0.29, 0.717) is 50.7 Å². The van der Waals surface area contributed by atoms with Gasteiger partial charge in [-0.1, -0.05) is 0 Å². The Kier molecular flexibility index (Phi) is 5.18. The van der Waals surface area contributed by atoms with E-state index >= 15 is 0 Å². The number of hydrogen-bond donors (Lipinski definition) is 1. The van der Waals surface area contributed by atoms with E-state index in [9.17, 15) is 9.59 Å². The average molecular weight is 410 g/mol. The Morgan fingerprint density at radius 2 is 1.83 bits per heavy atom. The fourth-order valence-corrected chi connectivity index (χ4v) is 4.71. The van der Waals surface area contributed by atoms with Gasteiger partial charge in [-0.25, -0.2) is 9.97 Å². The quantitative estimate of drug-likeness (QED) is 0.793. The lowest BCUT2D eigenvalue weighted by molar-refractivity contribution is -0.132. The van der Waals surface area contributed by atoms with Crippen molar-refractivity contribution in [2.24, 2.45) is 11.8 Å². The van der Waals surface area contributed by atoms with Crippen molar-refractivity contribution in [2.45, 2.75) is 50.4 Å². The zero-order chi connectivity index (χ0) is 20.5. The first-order chi connectivity index (χ1) is 14.7. The Balaban J connectivity index is 1.25. The molecule has 158 valence electrons. The van der Waals surface area contributed by atoms with Gasteiger partial charge < -0.3 is 14.6 Å². The number of hydrogen-bond acceptors (Lipinski definition) is 7. The Morgan fingerprint density at radius 1 is 1.07 bits per heavy atom. The van der Waals surface area contributed by atoms with Crippen LogP contribution in [0.1, 0.15) is 61.3 Å². The van der Waals surface area contributed by atoms with E-state index in [1.54, 1.807) is 12.4 Å². The highest BCUT2D eigenvalue weighted by molar-refractivity contribution is 5.81. The van der Waals surface area contributed by atoms with Crippen LogP contribution in [-0.4, -0.2) is 56.5 Å². The minimum atomic E-state index is -0.125. The Labute approximate surface area is 174 Å². The number of amides is 2. The summed E-state index contributed by atoms with van der Waals surface area (Å²) in [5.41, 5.74) is 0.955. The zero-order valence-electron chi connectivity index (χ0n) is 16.9. The molecule has 5 rings (SSSR count). The maximum atomic E-state index is 12.8. The minimum absolute atomic E-state index is 0.0178. The van der Waals surface area contributed by atoms with Crippen LogP contribution in [0, 0.1) is 11.8 Å². The number of piperidine rings is 1. The third-order valence-electron chi connectivity index (χ3n) is 6.60. The van der Waals surface area contributed by atoms with E-state index in [2.05, 4.69) is 25.5 Å². The van der Waals surface area contributed by atoms with Gasteiger partial charge >= 0.3 is 0 Å². The Hall–Kier alpha value is -2.84. The molecule has 2 saturated heterocycles. The summed E-state index contributed by atoms with van der Waals surface area (Å²) in [6.07, 6.45) is 9.67. The van der Waals surface area contributed by atoms with Crippen LogP contribution in [0.15, 0.2) is 23.1 Å². The van der Waals surface area contributed by atoms with Crippen LogP contribution >= 0.6 is 0 Å². The molecule has 0 spiro atoms. The Bertz CT molecular complexity index is 912. The number of carbonyl (C=O) groups is 2. The summed E-state index contributed by atoms with van der Waals surface area (Å²) in [4.78, 5) is 35.3. The molecule has 9 nitrogen and oxygen atoms in total. The molecule has 0 aromatic carbocycles. The number of aromatic nitrogens is 4. The number of aryl methyl sites for hydroxylation is 1. The predicted octanol–water partition coefficient (Wildman–Crippen LogP) is 1.44. The number of carbonyl (C=O) groups excluding carboxylic acids is 2. The molecule has 2 amide bonds. The highest BCUT2D eigenvalue weighted by Crippen LogP contribution is 2.42. The molecule has 1 aliphatic carbocycles. The van der Waals surface area contributed by atoms with Crippen LogP contribution in [0.25, 0.3) is 0 Å². The van der Waals surface area contributed by atoms with Crippen molar-refractivity contribution in [3.8, 4) is 0 Å². The molecule has 1 N–H and O–H groups in total. The first-order valence-corrected chi connectivity index (χ1v) is 10.8. The summed E-state index contributed by atoms with van der Waals surface area (Å²) in [5, 5.41) is 11.5. The van der Waals surface area contributed by atoms with Crippen LogP contribution in [0.5, 0.6) is 0 Å². The van der Waals surface area contributed by atoms with Gasteiger partial charge in [-0.05, 0) is 43.6 Å². The van der Waals surface area contributed by atoms with E-state index in [4.69, 9.17) is 4.42 Å². The minimum Gasteiger partial charge on any atom is -0.425 e. The number of rotatable bonds is 5. The molecule has 4 heterocycles. The van der Waals surface area contributed by atoms with Gasteiger partial charge in [-0.15, -0.1) is 10.2 Å². The van der Waals surface area contributed by atoms with Gasteiger partial charge in [0.15, 0.2) is 0 Å². The average Bonchev–Trinajstić information content (AvgIpc) is 3.55. The normalized spacial score (nSPS) is 26.6. The third-order valence-corrected chi connectivity index (χ3v) is 6.60. The van der Waals surface area contributed by atoms with Crippen LogP contribution in [0.2, 0.25) is 0 Å². The molecule has 0 unspecified atom stereocenters. The molecule has 2 aromatic heterocycles. The lowest BCUT2D eigenvalue weighted by Crippen LogP contribution is -2.46. The van der Waals surface area contributed by atoms with Gasteiger partial charge in [0.25, 0.3) is 0 Å². The maximum absolute atomic E-state index is 12.8. The largest absolute Gasteiger partial charge is 0.425 e. The van der Waals surface area contributed by atoms with Crippen molar-refractivity contribution in [3.05, 3.63) is 36.1 Å². The highest BCUT2D eigenvalue weighted by atomic mass is 16.4. The van der Waals surface area contributed by atoms with Gasteiger partial charge in [0.2, 0.25) is 23.6 Å². The molecule has 2 aliphatic heterocycles. The van der Waals surface area contributed by atoms with Gasteiger partial charge in [0, 0.05) is 50.3 Å². The lowest BCUT2D eigenvalue weighted by Gasteiger charge is -2.34. The molecule has 3 atom stereocenters. The fraction of sp³-hybridized carbons (Fsp3) is 0.619. The van der Waals surface area contributed by atoms with Crippen molar-refractivity contribution < 1.29 is 14.0 Å². The highest BCUT2D eigenvalue weighted by Gasteiger charge is 2.43. The van der Waals surface area contributed by atoms with E-state index in [1.807, 2.05) is 4.90 Å². The molecular weight excluding hydrogens is 384 g/mol. The van der Waals surface area contributed by atoms with Gasteiger partial charge in [0.05, 0.1) is 5.92 Å². The number of nitrogens with one attached hydrogen (secondary N) is 1.